The van der Waals surface area contributed by atoms with E-state index in [2.05, 4.69) is 0 Å². The molecule has 0 bridgehead atoms. The summed E-state index contributed by atoms with van der Waals surface area (Å²) in [5.41, 5.74) is 4.33. The molecule has 128 valence electrons. The van der Waals surface area contributed by atoms with Crippen LogP contribution in [0.15, 0.2) is 21.9 Å². The van der Waals surface area contributed by atoms with Crippen LogP contribution in [0.3, 0.4) is 0 Å². The van der Waals surface area contributed by atoms with E-state index in [-0.39, 0.29) is 19.4 Å². The number of alkyl halides is 3. The third-order valence-electron chi connectivity index (χ3n) is 3.88. The number of aromatic nitrogens is 2. The number of piperidine rings is 1. The summed E-state index contributed by atoms with van der Waals surface area (Å²) in [5, 5.41) is 0. The van der Waals surface area contributed by atoms with Crippen LogP contribution in [-0.2, 0) is 18.4 Å². The second-order valence-electron chi connectivity index (χ2n) is 5.56. The molecular weight excluding hydrogens is 317 g/mol. The molecule has 1 aliphatic rings. The molecule has 1 aromatic heterocycles. The van der Waals surface area contributed by atoms with Gasteiger partial charge in [-0.15, -0.1) is 0 Å². The van der Waals surface area contributed by atoms with Crippen molar-refractivity contribution in [2.24, 2.45) is 12.8 Å². The maximum absolute atomic E-state index is 13.1. The molecule has 0 aliphatic carbocycles. The Bertz CT molecular complexity index is 710. The first-order valence-electron chi connectivity index (χ1n) is 6.99. The van der Waals surface area contributed by atoms with Crippen LogP contribution < -0.4 is 17.0 Å². The van der Waals surface area contributed by atoms with Gasteiger partial charge in [-0.1, -0.05) is 0 Å². The molecule has 23 heavy (non-hydrogen) atoms. The molecule has 1 aromatic rings. The Kier molecular flexibility index (Phi) is 4.64. The van der Waals surface area contributed by atoms with E-state index in [0.29, 0.717) is 4.90 Å². The smallest absolute Gasteiger partial charge is 0.327 e. The minimum atomic E-state index is -4.55. The highest BCUT2D eigenvalue weighted by Gasteiger charge is 2.47. The highest BCUT2D eigenvalue weighted by atomic mass is 19.4. The number of nitrogens with zero attached hydrogens (tertiary/aromatic N) is 3. The number of rotatable bonds is 2. The van der Waals surface area contributed by atoms with Crippen LogP contribution in [0, 0.1) is 0 Å². The standard InChI is InChI=1S/C13H17F3N4O3/c1-18-10(21)4-5-19(12(18)23)7-11(22)20-6-8(17)2-3-9(20)13(14,15)16/h4-5,8-9H,2-3,6-7,17H2,1H3/t8-,9-/m0/s1. The first kappa shape index (κ1) is 17.3. The van der Waals surface area contributed by atoms with E-state index in [1.54, 1.807) is 0 Å². The minimum absolute atomic E-state index is 0.174. The molecule has 2 rings (SSSR count). The molecular formula is C13H17F3N4O3. The summed E-state index contributed by atoms with van der Waals surface area (Å²) in [6, 6.07) is -1.37. The van der Waals surface area contributed by atoms with Crippen molar-refractivity contribution >= 4 is 5.91 Å². The first-order valence-corrected chi connectivity index (χ1v) is 6.99. The van der Waals surface area contributed by atoms with Crippen LogP contribution in [-0.4, -0.2) is 44.7 Å². The average molecular weight is 334 g/mol. The van der Waals surface area contributed by atoms with Gasteiger partial charge in [0, 0.05) is 31.9 Å². The Labute approximate surface area is 129 Å². The van der Waals surface area contributed by atoms with Crippen molar-refractivity contribution < 1.29 is 18.0 Å². The molecule has 0 aromatic carbocycles. The third-order valence-corrected chi connectivity index (χ3v) is 3.88. The van der Waals surface area contributed by atoms with Gasteiger partial charge in [0.2, 0.25) is 5.91 Å². The highest BCUT2D eigenvalue weighted by Crippen LogP contribution is 2.31. The Morgan fingerprint density at radius 2 is 2.00 bits per heavy atom. The van der Waals surface area contributed by atoms with Gasteiger partial charge in [0.25, 0.3) is 5.56 Å². The summed E-state index contributed by atoms with van der Waals surface area (Å²) in [6.07, 6.45) is -3.55. The lowest BCUT2D eigenvalue weighted by atomic mass is 9.98. The van der Waals surface area contributed by atoms with E-state index in [0.717, 1.165) is 21.4 Å². The zero-order chi connectivity index (χ0) is 17.4. The largest absolute Gasteiger partial charge is 0.408 e. The van der Waals surface area contributed by atoms with E-state index >= 15 is 0 Å². The van der Waals surface area contributed by atoms with Crippen LogP contribution in [0.5, 0.6) is 0 Å². The normalized spacial score (nSPS) is 22.2. The Hall–Kier alpha value is -2.10. The number of amides is 1. The van der Waals surface area contributed by atoms with Gasteiger partial charge in [0.05, 0.1) is 0 Å². The molecule has 0 radical (unpaired) electrons. The summed E-state index contributed by atoms with van der Waals surface area (Å²) < 4.78 is 40.9. The fourth-order valence-electron chi connectivity index (χ4n) is 2.59. The summed E-state index contributed by atoms with van der Waals surface area (Å²) in [4.78, 5) is 36.1. The Balaban J connectivity index is 2.26. The zero-order valence-corrected chi connectivity index (χ0v) is 12.4. The number of hydrogen-bond acceptors (Lipinski definition) is 4. The van der Waals surface area contributed by atoms with Crippen LogP contribution >= 0.6 is 0 Å². The summed E-state index contributed by atoms with van der Waals surface area (Å²) in [5.74, 6) is -0.858. The maximum Gasteiger partial charge on any atom is 0.408 e. The van der Waals surface area contributed by atoms with E-state index < -0.39 is 42.0 Å². The van der Waals surface area contributed by atoms with Crippen molar-refractivity contribution in [1.29, 1.82) is 0 Å². The fraction of sp³-hybridized carbons (Fsp3) is 0.615. The van der Waals surface area contributed by atoms with Crippen molar-refractivity contribution in [2.45, 2.75) is 37.6 Å². The lowest BCUT2D eigenvalue weighted by molar-refractivity contribution is -0.197. The second kappa shape index (κ2) is 6.19. The van der Waals surface area contributed by atoms with Gasteiger partial charge >= 0.3 is 11.9 Å². The van der Waals surface area contributed by atoms with Crippen molar-refractivity contribution in [2.75, 3.05) is 6.54 Å². The first-order chi connectivity index (χ1) is 10.6. The zero-order valence-electron chi connectivity index (χ0n) is 12.4. The maximum atomic E-state index is 13.1. The van der Waals surface area contributed by atoms with Gasteiger partial charge in [-0.25, -0.2) is 4.79 Å². The molecule has 10 heteroatoms. The van der Waals surface area contributed by atoms with E-state index in [1.807, 2.05) is 0 Å². The van der Waals surface area contributed by atoms with Crippen LogP contribution in [0.25, 0.3) is 0 Å². The molecule has 7 nitrogen and oxygen atoms in total. The van der Waals surface area contributed by atoms with Gasteiger partial charge < -0.3 is 10.6 Å². The minimum Gasteiger partial charge on any atom is -0.327 e. The molecule has 2 N–H and O–H groups in total. The van der Waals surface area contributed by atoms with Crippen LogP contribution in [0.1, 0.15) is 12.8 Å². The second-order valence-corrected chi connectivity index (χ2v) is 5.56. The van der Waals surface area contributed by atoms with Gasteiger partial charge in [0.1, 0.15) is 12.6 Å². The van der Waals surface area contributed by atoms with E-state index in [4.69, 9.17) is 5.73 Å². The van der Waals surface area contributed by atoms with Crippen LogP contribution in [0.2, 0.25) is 0 Å². The Morgan fingerprint density at radius 1 is 1.35 bits per heavy atom. The molecule has 0 spiro atoms. The SMILES string of the molecule is Cn1c(=O)ccn(CC(=O)N2C[C@@H](N)CC[C@H]2C(F)(F)F)c1=O. The van der Waals surface area contributed by atoms with Crippen molar-refractivity contribution in [1.82, 2.24) is 14.0 Å². The predicted octanol–water partition coefficient (Wildman–Crippen LogP) is -0.572. The number of halogens is 3. The van der Waals surface area contributed by atoms with Crippen molar-refractivity contribution in [3.63, 3.8) is 0 Å². The number of carbonyl (C=O) groups is 1. The number of hydrogen-bond donors (Lipinski definition) is 1. The number of nitrogens with two attached hydrogens (primary N) is 1. The molecule has 1 fully saturated rings. The van der Waals surface area contributed by atoms with Crippen LogP contribution in [0.4, 0.5) is 13.2 Å². The Morgan fingerprint density at radius 3 is 2.61 bits per heavy atom. The number of carbonyl (C=O) groups excluding carboxylic acids is 1. The summed E-state index contributed by atoms with van der Waals surface area (Å²) in [7, 11) is 1.22. The van der Waals surface area contributed by atoms with Crippen molar-refractivity contribution in [3.05, 3.63) is 33.1 Å². The highest BCUT2D eigenvalue weighted by molar-refractivity contribution is 5.76. The lowest BCUT2D eigenvalue weighted by Crippen LogP contribution is -2.57. The quantitative estimate of drug-likeness (QED) is 0.784. The molecule has 0 unspecified atom stereocenters. The predicted molar refractivity (Wildman–Crippen MR) is 74.7 cm³/mol. The average Bonchev–Trinajstić information content (AvgIpc) is 2.46. The van der Waals surface area contributed by atoms with Gasteiger partial charge in [-0.3, -0.25) is 18.7 Å². The van der Waals surface area contributed by atoms with Gasteiger partial charge in [-0.2, -0.15) is 13.2 Å². The molecule has 0 saturated carbocycles. The molecule has 2 heterocycles. The van der Waals surface area contributed by atoms with Crippen molar-refractivity contribution in [3.8, 4) is 0 Å². The summed E-state index contributed by atoms with van der Waals surface area (Å²) >= 11 is 0. The molecule has 1 aliphatic heterocycles. The van der Waals surface area contributed by atoms with Gasteiger partial charge in [0.15, 0.2) is 0 Å². The lowest BCUT2D eigenvalue weighted by Gasteiger charge is -2.39. The van der Waals surface area contributed by atoms with E-state index in [9.17, 15) is 27.6 Å². The molecule has 1 saturated heterocycles. The summed E-state index contributed by atoms with van der Waals surface area (Å²) in [6.45, 7) is -0.796. The van der Waals surface area contributed by atoms with Gasteiger partial charge in [-0.05, 0) is 12.8 Å². The monoisotopic (exact) mass is 334 g/mol. The van der Waals surface area contributed by atoms with E-state index in [1.165, 1.54) is 7.05 Å². The number of likely N-dealkylation sites (tertiary alicyclic amines) is 1. The fourth-order valence-corrected chi connectivity index (χ4v) is 2.59. The molecule has 2 atom stereocenters. The molecule has 1 amide bonds. The topological polar surface area (TPSA) is 90.3 Å². The third kappa shape index (κ3) is 3.63.